The van der Waals surface area contributed by atoms with Gasteiger partial charge in [-0.25, -0.2) is 8.42 Å². The molecule has 0 saturated heterocycles. The van der Waals surface area contributed by atoms with Gasteiger partial charge in [0.1, 0.15) is 11.8 Å². The SMILES string of the molecule is CCOc1ccc(S(=O)(=O)NC(Cc2ccccc2)C(=O)N2CCc3ccccc3C2)cc1C. The molecule has 1 aliphatic heterocycles. The first-order valence-corrected chi connectivity index (χ1v) is 13.0. The quantitative estimate of drug-likeness (QED) is 0.533. The van der Waals surface area contributed by atoms with Crippen LogP contribution in [0.1, 0.15) is 29.2 Å². The number of benzene rings is 3. The van der Waals surface area contributed by atoms with Crippen molar-refractivity contribution in [1.29, 1.82) is 0 Å². The maximum absolute atomic E-state index is 13.6. The van der Waals surface area contributed by atoms with Gasteiger partial charge in [0.25, 0.3) is 0 Å². The molecule has 7 heteroatoms. The second-order valence-electron chi connectivity index (χ2n) is 8.50. The number of sulfonamides is 1. The number of fused-ring (bicyclic) bond motifs is 1. The highest BCUT2D eigenvalue weighted by molar-refractivity contribution is 7.89. The Labute approximate surface area is 201 Å². The third-order valence-corrected chi connectivity index (χ3v) is 7.55. The molecule has 3 aromatic carbocycles. The van der Waals surface area contributed by atoms with Gasteiger partial charge in [0.15, 0.2) is 0 Å². The summed E-state index contributed by atoms with van der Waals surface area (Å²) in [6.45, 7) is 5.22. The highest BCUT2D eigenvalue weighted by Gasteiger charge is 2.31. The lowest BCUT2D eigenvalue weighted by Crippen LogP contribution is -2.50. The predicted molar refractivity (Wildman–Crippen MR) is 132 cm³/mol. The summed E-state index contributed by atoms with van der Waals surface area (Å²) >= 11 is 0. The summed E-state index contributed by atoms with van der Waals surface area (Å²) in [6.07, 6.45) is 1.03. The Kier molecular flexibility index (Phi) is 7.34. The van der Waals surface area contributed by atoms with E-state index in [2.05, 4.69) is 10.8 Å². The van der Waals surface area contributed by atoms with Gasteiger partial charge >= 0.3 is 0 Å². The van der Waals surface area contributed by atoms with Gasteiger partial charge in [-0.2, -0.15) is 4.72 Å². The Hall–Kier alpha value is -3.16. The summed E-state index contributed by atoms with van der Waals surface area (Å²) in [5, 5.41) is 0. The van der Waals surface area contributed by atoms with Gasteiger partial charge in [0.2, 0.25) is 15.9 Å². The van der Waals surface area contributed by atoms with Gasteiger partial charge in [-0.15, -0.1) is 0 Å². The molecule has 6 nitrogen and oxygen atoms in total. The first kappa shape index (κ1) is 24.0. The summed E-state index contributed by atoms with van der Waals surface area (Å²) in [6, 6.07) is 21.4. The molecule has 1 amide bonds. The van der Waals surface area contributed by atoms with Crippen molar-refractivity contribution in [2.75, 3.05) is 13.2 Å². The molecule has 0 spiro atoms. The summed E-state index contributed by atoms with van der Waals surface area (Å²) in [4.78, 5) is 15.5. The van der Waals surface area contributed by atoms with Gasteiger partial charge in [-0.1, -0.05) is 54.6 Å². The van der Waals surface area contributed by atoms with Crippen LogP contribution in [0.3, 0.4) is 0 Å². The van der Waals surface area contributed by atoms with E-state index < -0.39 is 16.1 Å². The van der Waals surface area contributed by atoms with Crippen molar-refractivity contribution in [2.24, 2.45) is 0 Å². The smallest absolute Gasteiger partial charge is 0.241 e. The van der Waals surface area contributed by atoms with E-state index in [1.807, 2.05) is 62.4 Å². The molecular weight excluding hydrogens is 448 g/mol. The monoisotopic (exact) mass is 478 g/mol. The molecule has 1 heterocycles. The van der Waals surface area contributed by atoms with Crippen LogP contribution in [0.2, 0.25) is 0 Å². The number of aryl methyl sites for hydroxylation is 1. The van der Waals surface area contributed by atoms with E-state index in [-0.39, 0.29) is 17.2 Å². The lowest BCUT2D eigenvalue weighted by Gasteiger charge is -2.32. The molecular formula is C27H30N2O4S. The molecule has 0 saturated carbocycles. The van der Waals surface area contributed by atoms with E-state index in [1.54, 1.807) is 17.0 Å². The standard InChI is InChI=1S/C27H30N2O4S/c1-3-33-26-14-13-24(17-20(26)2)34(31,32)28-25(18-21-9-5-4-6-10-21)27(30)29-16-15-22-11-7-8-12-23(22)19-29/h4-14,17,25,28H,3,15-16,18-19H2,1-2H3. The number of nitrogens with zero attached hydrogens (tertiary/aromatic N) is 1. The second kappa shape index (κ2) is 10.4. The molecule has 3 aromatic rings. The van der Waals surface area contributed by atoms with Crippen molar-refractivity contribution in [3.8, 4) is 5.75 Å². The van der Waals surface area contributed by atoms with Gasteiger partial charge in [-0.05, 0) is 67.1 Å². The average Bonchev–Trinajstić information content (AvgIpc) is 2.84. The number of carbonyl (C=O) groups is 1. The lowest BCUT2D eigenvalue weighted by atomic mass is 9.98. The van der Waals surface area contributed by atoms with Crippen LogP contribution >= 0.6 is 0 Å². The molecule has 4 rings (SSSR count). The average molecular weight is 479 g/mol. The van der Waals surface area contributed by atoms with Gasteiger partial charge in [-0.3, -0.25) is 4.79 Å². The van der Waals surface area contributed by atoms with Gasteiger partial charge < -0.3 is 9.64 Å². The molecule has 0 aliphatic carbocycles. The van der Waals surface area contributed by atoms with Crippen LogP contribution in [0, 0.1) is 6.92 Å². The Morgan fingerprint density at radius 1 is 1.03 bits per heavy atom. The molecule has 1 atom stereocenters. The summed E-state index contributed by atoms with van der Waals surface area (Å²) in [7, 11) is -3.93. The van der Waals surface area contributed by atoms with Crippen LogP contribution in [0.25, 0.3) is 0 Å². The van der Waals surface area contributed by atoms with Crippen molar-refractivity contribution in [3.05, 3.63) is 95.1 Å². The number of hydrogen-bond acceptors (Lipinski definition) is 4. The maximum Gasteiger partial charge on any atom is 0.241 e. The van der Waals surface area contributed by atoms with Crippen LogP contribution in [0.4, 0.5) is 0 Å². The van der Waals surface area contributed by atoms with Crippen molar-refractivity contribution in [1.82, 2.24) is 9.62 Å². The zero-order chi connectivity index (χ0) is 24.1. The van der Waals surface area contributed by atoms with Crippen LogP contribution in [0.15, 0.2) is 77.7 Å². The largest absolute Gasteiger partial charge is 0.494 e. The summed E-state index contributed by atoms with van der Waals surface area (Å²) in [5.41, 5.74) is 3.95. The summed E-state index contributed by atoms with van der Waals surface area (Å²) in [5.74, 6) is 0.426. The van der Waals surface area contributed by atoms with Crippen molar-refractivity contribution >= 4 is 15.9 Å². The highest BCUT2D eigenvalue weighted by Crippen LogP contribution is 2.23. The molecule has 1 N–H and O–H groups in total. The molecule has 1 aliphatic rings. The number of amides is 1. The first-order chi connectivity index (χ1) is 16.4. The maximum atomic E-state index is 13.6. The molecule has 0 fully saturated rings. The Morgan fingerprint density at radius 3 is 2.44 bits per heavy atom. The zero-order valence-electron chi connectivity index (χ0n) is 19.5. The number of nitrogens with one attached hydrogen (secondary N) is 1. The van der Waals surface area contributed by atoms with E-state index in [4.69, 9.17) is 4.74 Å². The minimum absolute atomic E-state index is 0.114. The number of ether oxygens (including phenoxy) is 1. The highest BCUT2D eigenvalue weighted by atomic mass is 32.2. The van der Waals surface area contributed by atoms with E-state index >= 15 is 0 Å². The van der Waals surface area contributed by atoms with E-state index in [9.17, 15) is 13.2 Å². The fourth-order valence-corrected chi connectivity index (χ4v) is 5.57. The van der Waals surface area contributed by atoms with Gasteiger partial charge in [0, 0.05) is 13.1 Å². The minimum Gasteiger partial charge on any atom is -0.494 e. The predicted octanol–water partition coefficient (Wildman–Crippen LogP) is 3.87. The third kappa shape index (κ3) is 5.48. The van der Waals surface area contributed by atoms with Gasteiger partial charge in [0.05, 0.1) is 11.5 Å². The third-order valence-electron chi connectivity index (χ3n) is 6.08. The normalized spacial score (nSPS) is 14.4. The Balaban J connectivity index is 1.60. The van der Waals surface area contributed by atoms with Crippen LogP contribution in [-0.4, -0.2) is 38.4 Å². The minimum atomic E-state index is -3.93. The number of carbonyl (C=O) groups excluding carboxylic acids is 1. The van der Waals surface area contributed by atoms with Crippen molar-refractivity contribution in [2.45, 2.75) is 44.2 Å². The van der Waals surface area contributed by atoms with Crippen LogP contribution in [-0.2, 0) is 34.2 Å². The second-order valence-corrected chi connectivity index (χ2v) is 10.2. The summed E-state index contributed by atoms with van der Waals surface area (Å²) < 4.78 is 34.9. The Bertz CT molecular complexity index is 1260. The molecule has 1 unspecified atom stereocenters. The van der Waals surface area contributed by atoms with E-state index in [0.29, 0.717) is 25.4 Å². The van der Waals surface area contributed by atoms with Crippen molar-refractivity contribution in [3.63, 3.8) is 0 Å². The molecule has 0 bridgehead atoms. The number of rotatable bonds is 8. The first-order valence-electron chi connectivity index (χ1n) is 11.5. The van der Waals surface area contributed by atoms with Crippen molar-refractivity contribution < 1.29 is 17.9 Å². The fourth-order valence-electron chi connectivity index (χ4n) is 4.30. The molecule has 0 radical (unpaired) electrons. The molecule has 34 heavy (non-hydrogen) atoms. The zero-order valence-corrected chi connectivity index (χ0v) is 20.3. The Morgan fingerprint density at radius 2 is 1.74 bits per heavy atom. The fraction of sp³-hybridized carbons (Fsp3) is 0.296. The van der Waals surface area contributed by atoms with E-state index in [0.717, 1.165) is 23.1 Å². The van der Waals surface area contributed by atoms with Crippen LogP contribution < -0.4 is 9.46 Å². The molecule has 178 valence electrons. The molecule has 0 aromatic heterocycles. The topological polar surface area (TPSA) is 75.7 Å². The lowest BCUT2D eigenvalue weighted by molar-refractivity contribution is -0.133. The van der Waals surface area contributed by atoms with Crippen LogP contribution in [0.5, 0.6) is 5.75 Å². The van der Waals surface area contributed by atoms with E-state index in [1.165, 1.54) is 11.6 Å². The number of hydrogen-bond donors (Lipinski definition) is 1.